The number of methoxy groups -OCH3 is 1. The number of piperidine rings is 1. The molecule has 1 aliphatic rings. The zero-order valence-electron chi connectivity index (χ0n) is 13.7. The highest BCUT2D eigenvalue weighted by molar-refractivity contribution is 8.00. The molecular weight excluding hydrogens is 296 g/mol. The number of likely N-dealkylation sites (tertiary alicyclic amines) is 1. The topological polar surface area (TPSA) is 41.6 Å². The standard InChI is InChI=1S/C17H26N2O2S/c1-13(22-16-8-6-15(21-3)7-9-16)17(20)19-10-4-5-14(12-19)11-18-2/h6-9,13-14,18H,4-5,10-12H2,1-3H3. The second-order valence-electron chi connectivity index (χ2n) is 5.79. The normalized spacial score (nSPS) is 19.8. The number of carbonyl (C=O) groups excluding carboxylic acids is 1. The van der Waals surface area contributed by atoms with Gasteiger partial charge in [0.25, 0.3) is 0 Å². The van der Waals surface area contributed by atoms with Gasteiger partial charge in [0.05, 0.1) is 12.4 Å². The molecule has 22 heavy (non-hydrogen) atoms. The van der Waals surface area contributed by atoms with E-state index in [2.05, 4.69) is 5.32 Å². The van der Waals surface area contributed by atoms with Crippen molar-refractivity contribution >= 4 is 17.7 Å². The molecule has 1 aromatic carbocycles. The van der Waals surface area contributed by atoms with Gasteiger partial charge >= 0.3 is 0 Å². The Hall–Kier alpha value is -1.20. The molecule has 1 amide bonds. The maximum atomic E-state index is 12.6. The van der Waals surface area contributed by atoms with Crippen molar-refractivity contribution in [1.82, 2.24) is 10.2 Å². The summed E-state index contributed by atoms with van der Waals surface area (Å²) in [5.74, 6) is 1.68. The van der Waals surface area contributed by atoms with Gasteiger partial charge < -0.3 is 15.0 Å². The second-order valence-corrected chi connectivity index (χ2v) is 7.20. The lowest BCUT2D eigenvalue weighted by atomic mass is 9.98. The zero-order chi connectivity index (χ0) is 15.9. The van der Waals surface area contributed by atoms with Gasteiger partial charge in [0, 0.05) is 18.0 Å². The first-order valence-electron chi connectivity index (χ1n) is 7.88. The second kappa shape index (κ2) is 8.44. The molecule has 1 fully saturated rings. The Morgan fingerprint density at radius 1 is 1.45 bits per heavy atom. The van der Waals surface area contributed by atoms with E-state index >= 15 is 0 Å². The number of benzene rings is 1. The third-order valence-electron chi connectivity index (χ3n) is 4.04. The van der Waals surface area contributed by atoms with Gasteiger partial charge in [-0.2, -0.15) is 0 Å². The molecule has 5 heteroatoms. The monoisotopic (exact) mass is 322 g/mol. The lowest BCUT2D eigenvalue weighted by molar-refractivity contribution is -0.132. The number of nitrogens with one attached hydrogen (secondary N) is 1. The summed E-state index contributed by atoms with van der Waals surface area (Å²) in [6, 6.07) is 7.88. The molecule has 0 radical (unpaired) electrons. The van der Waals surface area contributed by atoms with E-state index in [1.54, 1.807) is 18.9 Å². The van der Waals surface area contributed by atoms with E-state index in [4.69, 9.17) is 4.74 Å². The van der Waals surface area contributed by atoms with Crippen LogP contribution in [0.5, 0.6) is 5.75 Å². The van der Waals surface area contributed by atoms with Gasteiger partial charge in [-0.1, -0.05) is 0 Å². The molecule has 1 aromatic rings. The molecule has 2 atom stereocenters. The number of rotatable bonds is 6. The number of amides is 1. The minimum Gasteiger partial charge on any atom is -0.497 e. The highest BCUT2D eigenvalue weighted by Crippen LogP contribution is 2.27. The van der Waals surface area contributed by atoms with E-state index < -0.39 is 0 Å². The molecule has 1 saturated heterocycles. The van der Waals surface area contributed by atoms with Crippen molar-refractivity contribution in [2.75, 3.05) is 33.8 Å². The van der Waals surface area contributed by atoms with Crippen LogP contribution in [0.2, 0.25) is 0 Å². The maximum absolute atomic E-state index is 12.6. The average molecular weight is 322 g/mol. The van der Waals surface area contributed by atoms with Crippen LogP contribution >= 0.6 is 11.8 Å². The molecule has 1 N–H and O–H groups in total. The van der Waals surface area contributed by atoms with Crippen LogP contribution in [0.4, 0.5) is 0 Å². The Labute approximate surface area is 137 Å². The summed E-state index contributed by atoms with van der Waals surface area (Å²) in [6.45, 7) is 4.77. The lowest BCUT2D eigenvalue weighted by Crippen LogP contribution is -2.45. The molecular formula is C17H26N2O2S. The van der Waals surface area contributed by atoms with Gasteiger partial charge in [-0.15, -0.1) is 11.8 Å². The highest BCUT2D eigenvalue weighted by Gasteiger charge is 2.26. The molecule has 2 rings (SSSR count). The molecule has 2 unspecified atom stereocenters. The van der Waals surface area contributed by atoms with Crippen molar-refractivity contribution in [1.29, 1.82) is 0 Å². The molecule has 122 valence electrons. The summed E-state index contributed by atoms with van der Waals surface area (Å²) < 4.78 is 5.16. The molecule has 0 bridgehead atoms. The Morgan fingerprint density at radius 2 is 2.18 bits per heavy atom. The van der Waals surface area contributed by atoms with E-state index in [9.17, 15) is 4.79 Å². The first-order valence-corrected chi connectivity index (χ1v) is 8.76. The van der Waals surface area contributed by atoms with Crippen LogP contribution in [0.1, 0.15) is 19.8 Å². The third-order valence-corrected chi connectivity index (χ3v) is 5.14. The lowest BCUT2D eigenvalue weighted by Gasteiger charge is -2.34. The van der Waals surface area contributed by atoms with Gasteiger partial charge in [0.15, 0.2) is 0 Å². The van der Waals surface area contributed by atoms with Crippen molar-refractivity contribution in [3.8, 4) is 5.75 Å². The third kappa shape index (κ3) is 4.65. The fourth-order valence-corrected chi connectivity index (χ4v) is 3.84. The number of carbonyl (C=O) groups is 1. The fourth-order valence-electron chi connectivity index (χ4n) is 2.89. The van der Waals surface area contributed by atoms with E-state index in [1.165, 1.54) is 6.42 Å². The molecule has 0 aliphatic carbocycles. The first kappa shape index (κ1) is 17.2. The SMILES string of the molecule is CNCC1CCCN(C(=O)C(C)Sc2ccc(OC)cc2)C1. The Morgan fingerprint density at radius 3 is 2.82 bits per heavy atom. The minimum absolute atomic E-state index is 0.0540. The van der Waals surface area contributed by atoms with Crippen molar-refractivity contribution in [2.24, 2.45) is 5.92 Å². The number of ether oxygens (including phenoxy) is 1. The van der Waals surface area contributed by atoms with Gasteiger partial charge in [-0.25, -0.2) is 0 Å². The minimum atomic E-state index is -0.0540. The summed E-state index contributed by atoms with van der Waals surface area (Å²) in [4.78, 5) is 15.8. The summed E-state index contributed by atoms with van der Waals surface area (Å²) in [5, 5.41) is 3.17. The molecule has 0 saturated carbocycles. The maximum Gasteiger partial charge on any atom is 0.235 e. The van der Waals surface area contributed by atoms with E-state index in [1.807, 2.05) is 43.1 Å². The van der Waals surface area contributed by atoms with Crippen LogP contribution in [0.15, 0.2) is 29.2 Å². The van der Waals surface area contributed by atoms with Crippen molar-refractivity contribution < 1.29 is 9.53 Å². The van der Waals surface area contributed by atoms with Gasteiger partial charge in [0.1, 0.15) is 5.75 Å². The first-order chi connectivity index (χ1) is 10.6. The largest absolute Gasteiger partial charge is 0.497 e. The van der Waals surface area contributed by atoms with Crippen LogP contribution in [-0.4, -0.2) is 49.8 Å². The van der Waals surface area contributed by atoms with Crippen LogP contribution in [0, 0.1) is 5.92 Å². The number of nitrogens with zero attached hydrogens (tertiary/aromatic N) is 1. The summed E-state index contributed by atoms with van der Waals surface area (Å²) in [7, 11) is 3.63. The smallest absolute Gasteiger partial charge is 0.235 e. The molecule has 0 aromatic heterocycles. The Kier molecular flexibility index (Phi) is 6.58. The van der Waals surface area contributed by atoms with Gasteiger partial charge in [-0.05, 0) is 63.5 Å². The van der Waals surface area contributed by atoms with E-state index in [0.717, 1.165) is 36.7 Å². The van der Waals surface area contributed by atoms with E-state index in [0.29, 0.717) is 5.92 Å². The summed E-state index contributed by atoms with van der Waals surface area (Å²) in [5.41, 5.74) is 0. The van der Waals surface area contributed by atoms with Crippen molar-refractivity contribution in [3.05, 3.63) is 24.3 Å². The van der Waals surface area contributed by atoms with Crippen molar-refractivity contribution in [3.63, 3.8) is 0 Å². The van der Waals surface area contributed by atoms with Crippen LogP contribution < -0.4 is 10.1 Å². The van der Waals surface area contributed by atoms with E-state index in [-0.39, 0.29) is 11.2 Å². The Bertz CT molecular complexity index is 476. The Balaban J connectivity index is 1.90. The van der Waals surface area contributed by atoms with Crippen LogP contribution in [-0.2, 0) is 4.79 Å². The summed E-state index contributed by atoms with van der Waals surface area (Å²) in [6.07, 6.45) is 2.32. The predicted molar refractivity (Wildman–Crippen MR) is 91.5 cm³/mol. The fraction of sp³-hybridized carbons (Fsp3) is 0.588. The van der Waals surface area contributed by atoms with Crippen LogP contribution in [0.25, 0.3) is 0 Å². The average Bonchev–Trinajstić information content (AvgIpc) is 2.55. The molecule has 1 heterocycles. The van der Waals surface area contributed by atoms with Gasteiger partial charge in [-0.3, -0.25) is 4.79 Å². The van der Waals surface area contributed by atoms with Gasteiger partial charge in [0.2, 0.25) is 5.91 Å². The van der Waals surface area contributed by atoms with Crippen molar-refractivity contribution in [2.45, 2.75) is 29.9 Å². The predicted octanol–water partition coefficient (Wildman–Crippen LogP) is 2.63. The molecule has 1 aliphatic heterocycles. The molecule has 0 spiro atoms. The quantitative estimate of drug-likeness (QED) is 0.818. The number of thioether (sulfide) groups is 1. The highest BCUT2D eigenvalue weighted by atomic mass is 32.2. The summed E-state index contributed by atoms with van der Waals surface area (Å²) >= 11 is 1.62. The molecule has 4 nitrogen and oxygen atoms in total. The zero-order valence-corrected chi connectivity index (χ0v) is 14.5. The number of hydrogen-bond donors (Lipinski definition) is 1. The van der Waals surface area contributed by atoms with Crippen LogP contribution in [0.3, 0.4) is 0 Å². The number of hydrogen-bond acceptors (Lipinski definition) is 4.